The summed E-state index contributed by atoms with van der Waals surface area (Å²) in [6.45, 7) is 1.31. The Morgan fingerprint density at radius 3 is 2.14 bits per heavy atom. The molecule has 1 aromatic heterocycles. The van der Waals surface area contributed by atoms with Gasteiger partial charge in [0.15, 0.2) is 0 Å². The summed E-state index contributed by atoms with van der Waals surface area (Å²) in [5, 5.41) is 7.65. The molecule has 0 aliphatic rings. The highest BCUT2D eigenvalue weighted by atomic mass is 16.5. The molecule has 0 fully saturated rings. The molecule has 1 amide bonds. The zero-order valence-corrected chi connectivity index (χ0v) is 17.2. The van der Waals surface area contributed by atoms with Crippen LogP contribution in [-0.4, -0.2) is 62.0 Å². The van der Waals surface area contributed by atoms with Gasteiger partial charge in [-0.05, 0) is 68.7 Å². The van der Waals surface area contributed by atoms with Gasteiger partial charge in [-0.2, -0.15) is 5.10 Å². The van der Waals surface area contributed by atoms with Crippen molar-refractivity contribution in [1.29, 1.82) is 0 Å². The first-order chi connectivity index (χ1) is 14.0. The summed E-state index contributed by atoms with van der Waals surface area (Å²) < 4.78 is 12.1. The highest BCUT2D eigenvalue weighted by Crippen LogP contribution is 2.25. The molecule has 7 nitrogen and oxygen atoms in total. The third-order valence-corrected chi connectivity index (χ3v) is 4.49. The summed E-state index contributed by atoms with van der Waals surface area (Å²) in [6.07, 6.45) is 0. The van der Waals surface area contributed by atoms with E-state index >= 15 is 0 Å². The van der Waals surface area contributed by atoms with Gasteiger partial charge in [0.25, 0.3) is 5.91 Å². The number of benzene rings is 2. The van der Waals surface area contributed by atoms with Crippen LogP contribution < -0.4 is 14.8 Å². The quantitative estimate of drug-likeness (QED) is 0.636. The fraction of sp³-hybridized carbons (Fsp3) is 0.273. The number of nitrogens with one attached hydrogen (secondary N) is 1. The van der Waals surface area contributed by atoms with Crippen molar-refractivity contribution in [3.8, 4) is 28.4 Å². The summed E-state index contributed by atoms with van der Waals surface area (Å²) in [7, 11) is 7.18. The Kier molecular flexibility index (Phi) is 6.51. The number of rotatable bonds is 8. The number of carbonyl (C=O) groups excluding carboxylic acids is 1. The van der Waals surface area contributed by atoms with Crippen LogP contribution >= 0.6 is 0 Å². The van der Waals surface area contributed by atoms with Crippen molar-refractivity contribution in [2.45, 2.75) is 0 Å². The van der Waals surface area contributed by atoms with Gasteiger partial charge in [-0.25, -0.2) is 4.68 Å². The van der Waals surface area contributed by atoms with Crippen LogP contribution in [0.15, 0.2) is 54.6 Å². The van der Waals surface area contributed by atoms with E-state index in [1.165, 1.54) is 0 Å². The van der Waals surface area contributed by atoms with Crippen molar-refractivity contribution < 1.29 is 14.3 Å². The van der Waals surface area contributed by atoms with Gasteiger partial charge in [-0.1, -0.05) is 0 Å². The lowest BCUT2D eigenvalue weighted by Gasteiger charge is -2.11. The molecule has 0 aliphatic heterocycles. The molecule has 7 heteroatoms. The van der Waals surface area contributed by atoms with Crippen LogP contribution in [0.25, 0.3) is 16.9 Å². The standard InChI is InChI=1S/C22H26N4O3/c1-25(2)14-13-23-22(27)21-15-20(16-5-9-18(28-3)10-6-16)24-26(21)17-7-11-19(29-4)12-8-17/h5-12,15H,13-14H2,1-4H3,(H,23,27). The Morgan fingerprint density at radius 1 is 1.00 bits per heavy atom. The minimum absolute atomic E-state index is 0.171. The van der Waals surface area contributed by atoms with E-state index in [4.69, 9.17) is 9.47 Å². The van der Waals surface area contributed by atoms with E-state index in [-0.39, 0.29) is 5.91 Å². The molecule has 29 heavy (non-hydrogen) atoms. The van der Waals surface area contributed by atoms with E-state index in [1.807, 2.05) is 67.5 Å². The monoisotopic (exact) mass is 394 g/mol. The number of carbonyl (C=O) groups is 1. The van der Waals surface area contributed by atoms with Crippen molar-refractivity contribution in [2.24, 2.45) is 0 Å². The van der Waals surface area contributed by atoms with Crippen LogP contribution in [0.4, 0.5) is 0 Å². The number of methoxy groups -OCH3 is 2. The van der Waals surface area contributed by atoms with Gasteiger partial charge in [-0.15, -0.1) is 0 Å². The Labute approximate surface area is 170 Å². The molecule has 0 saturated carbocycles. The number of ether oxygens (including phenoxy) is 2. The molecule has 0 bridgehead atoms. The zero-order valence-electron chi connectivity index (χ0n) is 17.2. The number of hydrogen-bond donors (Lipinski definition) is 1. The maximum atomic E-state index is 12.9. The smallest absolute Gasteiger partial charge is 0.270 e. The van der Waals surface area contributed by atoms with Gasteiger partial charge in [-0.3, -0.25) is 4.79 Å². The fourth-order valence-electron chi connectivity index (χ4n) is 2.85. The maximum Gasteiger partial charge on any atom is 0.270 e. The number of nitrogens with zero attached hydrogens (tertiary/aromatic N) is 3. The summed E-state index contributed by atoms with van der Waals surface area (Å²) in [6, 6.07) is 16.8. The summed E-state index contributed by atoms with van der Waals surface area (Å²) >= 11 is 0. The number of aromatic nitrogens is 2. The van der Waals surface area contributed by atoms with Gasteiger partial charge in [0, 0.05) is 18.7 Å². The molecule has 3 aromatic rings. The van der Waals surface area contributed by atoms with E-state index in [0.29, 0.717) is 17.9 Å². The molecule has 0 unspecified atom stereocenters. The van der Waals surface area contributed by atoms with Crippen LogP contribution in [-0.2, 0) is 0 Å². The van der Waals surface area contributed by atoms with E-state index in [9.17, 15) is 4.79 Å². The van der Waals surface area contributed by atoms with Gasteiger partial charge < -0.3 is 19.7 Å². The highest BCUT2D eigenvalue weighted by Gasteiger charge is 2.17. The molecular formula is C22H26N4O3. The molecular weight excluding hydrogens is 368 g/mol. The third-order valence-electron chi connectivity index (χ3n) is 4.49. The first-order valence-electron chi connectivity index (χ1n) is 9.33. The molecule has 0 aliphatic carbocycles. The van der Waals surface area contributed by atoms with Crippen LogP contribution in [0.5, 0.6) is 11.5 Å². The average molecular weight is 394 g/mol. The second kappa shape index (κ2) is 9.25. The summed E-state index contributed by atoms with van der Waals surface area (Å²) in [5.74, 6) is 1.34. The van der Waals surface area contributed by atoms with Crippen molar-refractivity contribution in [3.63, 3.8) is 0 Å². The lowest BCUT2D eigenvalue weighted by Crippen LogP contribution is -2.32. The van der Waals surface area contributed by atoms with Crippen LogP contribution in [0.2, 0.25) is 0 Å². The van der Waals surface area contributed by atoms with Crippen LogP contribution in [0.1, 0.15) is 10.5 Å². The second-order valence-corrected chi connectivity index (χ2v) is 6.81. The van der Waals surface area contributed by atoms with Crippen LogP contribution in [0.3, 0.4) is 0 Å². The number of hydrogen-bond acceptors (Lipinski definition) is 5. The van der Waals surface area contributed by atoms with Gasteiger partial charge in [0.05, 0.1) is 25.6 Å². The average Bonchev–Trinajstić information content (AvgIpc) is 3.19. The zero-order chi connectivity index (χ0) is 20.8. The van der Waals surface area contributed by atoms with Crippen molar-refractivity contribution >= 4 is 5.91 Å². The first-order valence-corrected chi connectivity index (χ1v) is 9.33. The van der Waals surface area contributed by atoms with Crippen LogP contribution in [0, 0.1) is 0 Å². The first kappa shape index (κ1) is 20.4. The van der Waals surface area contributed by atoms with Crippen molar-refractivity contribution in [1.82, 2.24) is 20.0 Å². The molecule has 1 heterocycles. The summed E-state index contributed by atoms with van der Waals surface area (Å²) in [4.78, 5) is 14.9. The predicted molar refractivity (Wildman–Crippen MR) is 113 cm³/mol. The number of amides is 1. The SMILES string of the molecule is COc1ccc(-c2cc(C(=O)NCCN(C)C)n(-c3ccc(OC)cc3)n2)cc1. The van der Waals surface area contributed by atoms with E-state index in [0.717, 1.165) is 29.3 Å². The Bertz CT molecular complexity index is 947. The normalized spacial score (nSPS) is 10.8. The molecule has 0 spiro atoms. The Morgan fingerprint density at radius 2 is 1.59 bits per heavy atom. The van der Waals surface area contributed by atoms with E-state index in [2.05, 4.69) is 10.4 Å². The van der Waals surface area contributed by atoms with E-state index < -0.39 is 0 Å². The molecule has 0 saturated heterocycles. The molecule has 0 atom stereocenters. The third kappa shape index (κ3) is 4.94. The van der Waals surface area contributed by atoms with E-state index in [1.54, 1.807) is 25.0 Å². The highest BCUT2D eigenvalue weighted by molar-refractivity contribution is 5.94. The minimum atomic E-state index is -0.171. The Balaban J connectivity index is 1.96. The van der Waals surface area contributed by atoms with Crippen molar-refractivity contribution in [3.05, 3.63) is 60.3 Å². The van der Waals surface area contributed by atoms with Gasteiger partial charge in [0.2, 0.25) is 0 Å². The largest absolute Gasteiger partial charge is 0.497 e. The maximum absolute atomic E-state index is 12.9. The Hall–Kier alpha value is -3.32. The summed E-state index contributed by atoms with van der Waals surface area (Å²) in [5.41, 5.74) is 2.87. The molecule has 0 radical (unpaired) electrons. The molecule has 1 N–H and O–H groups in total. The molecule has 3 rings (SSSR count). The van der Waals surface area contributed by atoms with Gasteiger partial charge in [0.1, 0.15) is 17.2 Å². The predicted octanol–water partition coefficient (Wildman–Crippen LogP) is 2.85. The fourth-order valence-corrected chi connectivity index (χ4v) is 2.85. The molecule has 152 valence electrons. The lowest BCUT2D eigenvalue weighted by molar-refractivity contribution is 0.0943. The molecule has 2 aromatic carbocycles. The topological polar surface area (TPSA) is 68.6 Å². The minimum Gasteiger partial charge on any atom is -0.497 e. The van der Waals surface area contributed by atoms with Crippen molar-refractivity contribution in [2.75, 3.05) is 41.4 Å². The lowest BCUT2D eigenvalue weighted by atomic mass is 10.1. The second-order valence-electron chi connectivity index (χ2n) is 6.81. The van der Waals surface area contributed by atoms with Gasteiger partial charge >= 0.3 is 0 Å². The number of likely N-dealkylation sites (N-methyl/N-ethyl adjacent to an activating group) is 1.